The van der Waals surface area contributed by atoms with Crippen LogP contribution in [0.3, 0.4) is 0 Å². The van der Waals surface area contributed by atoms with Crippen molar-refractivity contribution in [1.82, 2.24) is 10.2 Å². The van der Waals surface area contributed by atoms with Crippen LogP contribution >= 0.6 is 15.9 Å². The Morgan fingerprint density at radius 1 is 1.33 bits per heavy atom. The second kappa shape index (κ2) is 5.76. The molecule has 3 nitrogen and oxygen atoms in total. The number of hydrogen-bond donors (Lipinski definition) is 1. The number of piperidine rings is 1. The van der Waals surface area contributed by atoms with E-state index in [9.17, 15) is 0 Å². The Bertz CT molecular complexity index is 387. The summed E-state index contributed by atoms with van der Waals surface area (Å²) < 4.78 is 6.67. The molecule has 2 fully saturated rings. The maximum absolute atomic E-state index is 5.57. The summed E-state index contributed by atoms with van der Waals surface area (Å²) in [5, 5.41) is 3.67. The van der Waals surface area contributed by atoms with Crippen molar-refractivity contribution >= 4 is 15.9 Å². The quantitative estimate of drug-likeness (QED) is 0.929. The lowest BCUT2D eigenvalue weighted by Gasteiger charge is -2.38. The van der Waals surface area contributed by atoms with E-state index < -0.39 is 0 Å². The highest BCUT2D eigenvalue weighted by Gasteiger charge is 2.32. The van der Waals surface area contributed by atoms with Crippen LogP contribution in [0.2, 0.25) is 0 Å². The average molecular weight is 313 g/mol. The number of halogens is 1. The van der Waals surface area contributed by atoms with Gasteiger partial charge in [0, 0.05) is 12.1 Å². The van der Waals surface area contributed by atoms with E-state index in [0.717, 1.165) is 16.8 Å². The van der Waals surface area contributed by atoms with Gasteiger partial charge in [-0.25, -0.2) is 0 Å². The maximum atomic E-state index is 5.57. The van der Waals surface area contributed by atoms with Crippen LogP contribution in [0.1, 0.15) is 37.9 Å². The average Bonchev–Trinajstić information content (AvgIpc) is 3.03. The van der Waals surface area contributed by atoms with E-state index in [1.54, 1.807) is 6.26 Å². The molecule has 0 aromatic carbocycles. The lowest BCUT2D eigenvalue weighted by Crippen LogP contribution is -2.49. The van der Waals surface area contributed by atoms with Crippen LogP contribution in [0, 0.1) is 0 Å². The number of likely N-dealkylation sites (tertiary alicyclic amines) is 1. The molecule has 3 rings (SSSR count). The standard InChI is InChI=1S/C14H21BrN2O/c15-11-6-9-18-14(11)10-17-8-2-1-5-13(17)12-4-3-7-16-12/h6,9,12-13,16H,1-5,7-8,10H2. The number of nitrogens with zero attached hydrogens (tertiary/aromatic N) is 1. The van der Waals surface area contributed by atoms with Crippen molar-refractivity contribution in [2.75, 3.05) is 13.1 Å². The SMILES string of the molecule is Brc1ccoc1CN1CCCCC1C1CCCN1. The van der Waals surface area contributed by atoms with Crippen LogP contribution in [0.15, 0.2) is 21.2 Å². The van der Waals surface area contributed by atoms with Crippen LogP contribution in [-0.2, 0) is 6.54 Å². The van der Waals surface area contributed by atoms with Gasteiger partial charge in [-0.1, -0.05) is 6.42 Å². The van der Waals surface area contributed by atoms with E-state index in [0.29, 0.717) is 12.1 Å². The van der Waals surface area contributed by atoms with Gasteiger partial charge in [0.1, 0.15) is 5.76 Å². The van der Waals surface area contributed by atoms with Gasteiger partial charge in [-0.15, -0.1) is 0 Å². The Morgan fingerprint density at radius 2 is 2.28 bits per heavy atom. The molecule has 2 saturated heterocycles. The molecule has 1 aromatic heterocycles. The van der Waals surface area contributed by atoms with Crippen molar-refractivity contribution in [1.29, 1.82) is 0 Å². The normalized spacial score (nSPS) is 29.8. The Kier molecular flexibility index (Phi) is 4.07. The van der Waals surface area contributed by atoms with Crippen LogP contribution in [-0.4, -0.2) is 30.1 Å². The van der Waals surface area contributed by atoms with Gasteiger partial charge in [0.25, 0.3) is 0 Å². The zero-order chi connectivity index (χ0) is 12.4. The van der Waals surface area contributed by atoms with Crippen LogP contribution in [0.25, 0.3) is 0 Å². The third kappa shape index (κ3) is 2.65. The molecular formula is C14H21BrN2O. The largest absolute Gasteiger partial charge is 0.467 e. The Labute approximate surface area is 117 Å². The number of furan rings is 1. The molecule has 0 saturated carbocycles. The zero-order valence-electron chi connectivity index (χ0n) is 10.7. The summed E-state index contributed by atoms with van der Waals surface area (Å²) in [5.74, 6) is 1.07. The van der Waals surface area contributed by atoms with Gasteiger partial charge in [0.05, 0.1) is 17.3 Å². The summed E-state index contributed by atoms with van der Waals surface area (Å²) in [6, 6.07) is 3.37. The van der Waals surface area contributed by atoms with Crippen molar-refractivity contribution in [3.8, 4) is 0 Å². The first-order valence-corrected chi connectivity index (χ1v) is 7.83. The van der Waals surface area contributed by atoms with E-state index in [1.165, 1.54) is 45.2 Å². The Hall–Kier alpha value is -0.320. The van der Waals surface area contributed by atoms with E-state index >= 15 is 0 Å². The number of nitrogens with one attached hydrogen (secondary N) is 1. The fourth-order valence-electron chi connectivity index (χ4n) is 3.33. The fraction of sp³-hybridized carbons (Fsp3) is 0.714. The summed E-state index contributed by atoms with van der Waals surface area (Å²) in [6.07, 6.45) is 8.46. The van der Waals surface area contributed by atoms with Gasteiger partial charge in [-0.2, -0.15) is 0 Å². The lowest BCUT2D eigenvalue weighted by atomic mass is 9.94. The molecule has 0 amide bonds. The highest BCUT2D eigenvalue weighted by molar-refractivity contribution is 9.10. The molecule has 0 spiro atoms. The van der Waals surface area contributed by atoms with E-state index in [-0.39, 0.29) is 0 Å². The second-order valence-corrected chi connectivity index (χ2v) is 6.28. The number of hydrogen-bond acceptors (Lipinski definition) is 3. The van der Waals surface area contributed by atoms with Gasteiger partial charge in [-0.3, -0.25) is 4.90 Å². The molecule has 4 heteroatoms. The van der Waals surface area contributed by atoms with Crippen molar-refractivity contribution in [2.24, 2.45) is 0 Å². The van der Waals surface area contributed by atoms with Gasteiger partial charge in [0.15, 0.2) is 0 Å². The Balaban J connectivity index is 1.69. The van der Waals surface area contributed by atoms with Gasteiger partial charge in [-0.05, 0) is 60.8 Å². The Morgan fingerprint density at radius 3 is 3.00 bits per heavy atom. The maximum Gasteiger partial charge on any atom is 0.131 e. The third-order valence-electron chi connectivity index (χ3n) is 4.26. The van der Waals surface area contributed by atoms with Crippen LogP contribution < -0.4 is 5.32 Å². The molecule has 2 atom stereocenters. The molecule has 1 aromatic rings. The smallest absolute Gasteiger partial charge is 0.131 e. The van der Waals surface area contributed by atoms with Gasteiger partial charge in [0.2, 0.25) is 0 Å². The highest BCUT2D eigenvalue weighted by Crippen LogP contribution is 2.28. The van der Waals surface area contributed by atoms with Crippen molar-refractivity contribution in [3.05, 3.63) is 22.6 Å². The van der Waals surface area contributed by atoms with Gasteiger partial charge < -0.3 is 9.73 Å². The van der Waals surface area contributed by atoms with Crippen molar-refractivity contribution < 1.29 is 4.42 Å². The summed E-state index contributed by atoms with van der Waals surface area (Å²) in [7, 11) is 0. The van der Waals surface area contributed by atoms with Crippen molar-refractivity contribution in [3.63, 3.8) is 0 Å². The summed E-state index contributed by atoms with van der Waals surface area (Å²) >= 11 is 3.56. The third-order valence-corrected chi connectivity index (χ3v) is 4.97. The predicted octanol–water partition coefficient (Wildman–Crippen LogP) is 3.15. The molecule has 100 valence electrons. The molecule has 3 heterocycles. The monoisotopic (exact) mass is 312 g/mol. The first kappa shape index (κ1) is 12.7. The minimum Gasteiger partial charge on any atom is -0.467 e. The molecule has 18 heavy (non-hydrogen) atoms. The summed E-state index contributed by atoms with van der Waals surface area (Å²) in [5.41, 5.74) is 0. The number of rotatable bonds is 3. The lowest BCUT2D eigenvalue weighted by molar-refractivity contribution is 0.104. The van der Waals surface area contributed by atoms with Crippen molar-refractivity contribution in [2.45, 2.75) is 50.7 Å². The zero-order valence-corrected chi connectivity index (χ0v) is 12.3. The molecule has 2 aliphatic rings. The molecule has 2 unspecified atom stereocenters. The minimum absolute atomic E-state index is 0.693. The van der Waals surface area contributed by atoms with E-state index in [4.69, 9.17) is 4.42 Å². The van der Waals surface area contributed by atoms with E-state index in [2.05, 4.69) is 26.1 Å². The van der Waals surface area contributed by atoms with Gasteiger partial charge >= 0.3 is 0 Å². The first-order valence-electron chi connectivity index (χ1n) is 7.04. The highest BCUT2D eigenvalue weighted by atomic mass is 79.9. The predicted molar refractivity (Wildman–Crippen MR) is 75.5 cm³/mol. The van der Waals surface area contributed by atoms with Crippen LogP contribution in [0.5, 0.6) is 0 Å². The summed E-state index contributed by atoms with van der Waals surface area (Å²) in [4.78, 5) is 2.61. The topological polar surface area (TPSA) is 28.4 Å². The minimum atomic E-state index is 0.693. The molecule has 1 N–H and O–H groups in total. The molecule has 0 radical (unpaired) electrons. The van der Waals surface area contributed by atoms with E-state index in [1.807, 2.05) is 6.07 Å². The molecule has 0 bridgehead atoms. The summed E-state index contributed by atoms with van der Waals surface area (Å²) in [6.45, 7) is 3.34. The molecular weight excluding hydrogens is 292 g/mol. The van der Waals surface area contributed by atoms with Crippen LogP contribution in [0.4, 0.5) is 0 Å². The fourth-order valence-corrected chi connectivity index (χ4v) is 3.66. The second-order valence-electron chi connectivity index (χ2n) is 5.43. The molecule has 2 aliphatic heterocycles. The molecule has 0 aliphatic carbocycles. The first-order chi connectivity index (χ1) is 8.84.